The van der Waals surface area contributed by atoms with Crippen molar-refractivity contribution in [3.63, 3.8) is 0 Å². The van der Waals surface area contributed by atoms with E-state index in [1.54, 1.807) is 0 Å². The number of likely N-dealkylation sites (tertiary alicyclic amines) is 1. The van der Waals surface area contributed by atoms with Gasteiger partial charge in [0.15, 0.2) is 0 Å². The number of nitrogens with zero attached hydrogens (tertiary/aromatic N) is 1. The molecule has 0 saturated carbocycles. The first-order chi connectivity index (χ1) is 11.4. The van der Waals surface area contributed by atoms with Gasteiger partial charge in [0.2, 0.25) is 0 Å². The van der Waals surface area contributed by atoms with Gasteiger partial charge in [0, 0.05) is 24.8 Å². The number of hydrogen-bond donors (Lipinski definition) is 1. The molecule has 4 nitrogen and oxygen atoms in total. The van der Waals surface area contributed by atoms with E-state index in [0.29, 0.717) is 6.54 Å². The highest BCUT2D eigenvalue weighted by Gasteiger charge is 2.27. The van der Waals surface area contributed by atoms with E-state index in [4.69, 9.17) is 4.74 Å². The van der Waals surface area contributed by atoms with Gasteiger partial charge in [-0.05, 0) is 56.5 Å². The Morgan fingerprint density at radius 1 is 1.17 bits per heavy atom. The molecule has 24 heavy (non-hydrogen) atoms. The minimum atomic E-state index is -0.449. The van der Waals surface area contributed by atoms with Gasteiger partial charge >= 0.3 is 6.09 Å². The number of piperidine rings is 1. The summed E-state index contributed by atoms with van der Waals surface area (Å²) in [7, 11) is 0. The molecule has 2 aromatic carbocycles. The fourth-order valence-corrected chi connectivity index (χ4v) is 3.10. The Balaban J connectivity index is 1.65. The van der Waals surface area contributed by atoms with Crippen LogP contribution in [0.4, 0.5) is 10.5 Å². The molecule has 0 radical (unpaired) electrons. The molecule has 3 rings (SSSR count). The number of fused-ring (bicyclic) bond motifs is 1. The van der Waals surface area contributed by atoms with Crippen molar-refractivity contribution in [1.29, 1.82) is 0 Å². The van der Waals surface area contributed by atoms with Crippen molar-refractivity contribution in [3.05, 3.63) is 42.5 Å². The Morgan fingerprint density at radius 2 is 1.92 bits per heavy atom. The summed E-state index contributed by atoms with van der Waals surface area (Å²) in [6.07, 6.45) is 1.84. The summed E-state index contributed by atoms with van der Waals surface area (Å²) in [6.45, 7) is 7.16. The summed E-state index contributed by atoms with van der Waals surface area (Å²) in [5.74, 6) is 0. The van der Waals surface area contributed by atoms with Crippen LogP contribution in [-0.4, -0.2) is 35.7 Å². The van der Waals surface area contributed by atoms with E-state index in [1.165, 1.54) is 10.8 Å². The first-order valence-corrected chi connectivity index (χ1v) is 8.64. The zero-order valence-electron chi connectivity index (χ0n) is 14.7. The van der Waals surface area contributed by atoms with E-state index in [9.17, 15) is 4.79 Å². The fourth-order valence-electron chi connectivity index (χ4n) is 3.10. The first-order valence-electron chi connectivity index (χ1n) is 8.64. The van der Waals surface area contributed by atoms with Crippen molar-refractivity contribution in [2.45, 2.75) is 45.3 Å². The summed E-state index contributed by atoms with van der Waals surface area (Å²) in [6, 6.07) is 15.0. The molecule has 1 N–H and O–H groups in total. The SMILES string of the molecule is CC(C)(C)OC(=O)N1CCC[C@@H](Nc2ccc3ccccc3c2)C1. The molecule has 0 bridgehead atoms. The monoisotopic (exact) mass is 326 g/mol. The predicted octanol–water partition coefficient (Wildman–Crippen LogP) is 4.65. The van der Waals surface area contributed by atoms with Crippen LogP contribution in [0.3, 0.4) is 0 Å². The number of benzene rings is 2. The second kappa shape index (κ2) is 6.71. The fraction of sp³-hybridized carbons (Fsp3) is 0.450. The van der Waals surface area contributed by atoms with Gasteiger partial charge in [0.05, 0.1) is 0 Å². The summed E-state index contributed by atoms with van der Waals surface area (Å²) in [5, 5.41) is 6.03. The molecule has 1 aliphatic heterocycles. The number of nitrogens with one attached hydrogen (secondary N) is 1. The van der Waals surface area contributed by atoms with Crippen LogP contribution in [-0.2, 0) is 4.74 Å². The van der Waals surface area contributed by atoms with E-state index in [2.05, 4.69) is 47.8 Å². The minimum Gasteiger partial charge on any atom is -0.444 e. The molecule has 0 aliphatic carbocycles. The van der Waals surface area contributed by atoms with E-state index < -0.39 is 5.60 Å². The predicted molar refractivity (Wildman–Crippen MR) is 98.4 cm³/mol. The maximum atomic E-state index is 12.3. The Bertz CT molecular complexity index is 721. The highest BCUT2D eigenvalue weighted by molar-refractivity contribution is 5.85. The van der Waals surface area contributed by atoms with Gasteiger partial charge < -0.3 is 15.0 Å². The molecule has 1 heterocycles. The standard InChI is InChI=1S/C20H26N2O2/c1-20(2,3)24-19(23)22-12-6-9-18(14-22)21-17-11-10-15-7-4-5-8-16(15)13-17/h4-5,7-8,10-11,13,18,21H,6,9,12,14H2,1-3H3/t18-/m1/s1. The lowest BCUT2D eigenvalue weighted by atomic mass is 10.0. The number of hydrogen-bond acceptors (Lipinski definition) is 3. The van der Waals surface area contributed by atoms with Crippen molar-refractivity contribution >= 4 is 22.6 Å². The van der Waals surface area contributed by atoms with Gasteiger partial charge in [-0.3, -0.25) is 0 Å². The molecule has 128 valence electrons. The summed E-state index contributed by atoms with van der Waals surface area (Å²) < 4.78 is 5.49. The van der Waals surface area contributed by atoms with Crippen molar-refractivity contribution in [3.8, 4) is 0 Å². The Labute approximate surface area is 143 Å². The molecule has 1 amide bonds. The van der Waals surface area contributed by atoms with Crippen LogP contribution in [0.2, 0.25) is 0 Å². The van der Waals surface area contributed by atoms with Gasteiger partial charge in [-0.1, -0.05) is 30.3 Å². The van der Waals surface area contributed by atoms with E-state index >= 15 is 0 Å². The third-order valence-corrected chi connectivity index (χ3v) is 4.19. The molecule has 0 spiro atoms. The van der Waals surface area contributed by atoms with Gasteiger partial charge in [0.1, 0.15) is 5.60 Å². The average Bonchev–Trinajstić information content (AvgIpc) is 2.53. The van der Waals surface area contributed by atoms with Gasteiger partial charge in [-0.2, -0.15) is 0 Å². The van der Waals surface area contributed by atoms with E-state index in [1.807, 2.05) is 25.7 Å². The Morgan fingerprint density at radius 3 is 2.67 bits per heavy atom. The van der Waals surface area contributed by atoms with Crippen LogP contribution < -0.4 is 5.32 Å². The van der Waals surface area contributed by atoms with Crippen molar-refractivity contribution in [2.24, 2.45) is 0 Å². The topological polar surface area (TPSA) is 41.6 Å². The number of ether oxygens (including phenoxy) is 1. The molecule has 0 unspecified atom stereocenters. The van der Waals surface area contributed by atoms with E-state index in [-0.39, 0.29) is 12.1 Å². The maximum absolute atomic E-state index is 12.3. The lowest BCUT2D eigenvalue weighted by Gasteiger charge is -2.34. The van der Waals surface area contributed by atoms with Crippen LogP contribution in [0, 0.1) is 0 Å². The molecule has 2 aromatic rings. The lowest BCUT2D eigenvalue weighted by molar-refractivity contribution is 0.0206. The van der Waals surface area contributed by atoms with Crippen LogP contribution >= 0.6 is 0 Å². The molecular formula is C20H26N2O2. The summed E-state index contributed by atoms with van der Waals surface area (Å²) in [5.41, 5.74) is 0.653. The van der Waals surface area contributed by atoms with Gasteiger partial charge in [-0.15, -0.1) is 0 Å². The van der Waals surface area contributed by atoms with E-state index in [0.717, 1.165) is 25.1 Å². The Hall–Kier alpha value is -2.23. The highest BCUT2D eigenvalue weighted by Crippen LogP contribution is 2.22. The first kappa shape index (κ1) is 16.6. The summed E-state index contributed by atoms with van der Waals surface area (Å²) >= 11 is 0. The van der Waals surface area contributed by atoms with Gasteiger partial charge in [-0.25, -0.2) is 4.79 Å². The Kier molecular flexibility index (Phi) is 4.65. The summed E-state index contributed by atoms with van der Waals surface area (Å²) in [4.78, 5) is 14.1. The van der Waals surface area contributed by atoms with Gasteiger partial charge in [0.25, 0.3) is 0 Å². The van der Waals surface area contributed by atoms with Crippen molar-refractivity contribution < 1.29 is 9.53 Å². The highest BCUT2D eigenvalue weighted by atomic mass is 16.6. The quantitative estimate of drug-likeness (QED) is 0.873. The third-order valence-electron chi connectivity index (χ3n) is 4.19. The third kappa shape index (κ3) is 4.19. The number of anilines is 1. The van der Waals surface area contributed by atoms with Crippen molar-refractivity contribution in [2.75, 3.05) is 18.4 Å². The zero-order valence-corrected chi connectivity index (χ0v) is 14.7. The van der Waals surface area contributed by atoms with Crippen LogP contribution in [0.25, 0.3) is 10.8 Å². The largest absolute Gasteiger partial charge is 0.444 e. The maximum Gasteiger partial charge on any atom is 0.410 e. The lowest BCUT2D eigenvalue weighted by Crippen LogP contribution is -2.46. The molecular weight excluding hydrogens is 300 g/mol. The van der Waals surface area contributed by atoms with Crippen LogP contribution in [0.1, 0.15) is 33.6 Å². The second-order valence-electron chi connectivity index (χ2n) is 7.47. The van der Waals surface area contributed by atoms with Crippen molar-refractivity contribution in [1.82, 2.24) is 4.90 Å². The smallest absolute Gasteiger partial charge is 0.410 e. The minimum absolute atomic E-state index is 0.215. The number of amides is 1. The van der Waals surface area contributed by atoms with Crippen LogP contribution in [0.15, 0.2) is 42.5 Å². The number of carbonyl (C=O) groups is 1. The van der Waals surface area contributed by atoms with Crippen LogP contribution in [0.5, 0.6) is 0 Å². The second-order valence-corrected chi connectivity index (χ2v) is 7.47. The molecule has 1 aliphatic rings. The molecule has 1 fully saturated rings. The average molecular weight is 326 g/mol. The number of carbonyl (C=O) groups excluding carboxylic acids is 1. The molecule has 1 atom stereocenters. The molecule has 1 saturated heterocycles. The molecule has 4 heteroatoms. The molecule has 0 aromatic heterocycles. The zero-order chi connectivity index (χ0) is 17.2. The number of rotatable bonds is 2. The normalized spacial score (nSPS) is 18.5.